The number of carboxylic acid groups (broad SMARTS) is 2. The summed E-state index contributed by atoms with van der Waals surface area (Å²) in [6.07, 6.45) is 2.09. The van der Waals surface area contributed by atoms with Crippen molar-refractivity contribution < 1.29 is 29.3 Å². The van der Waals surface area contributed by atoms with E-state index in [1.165, 1.54) is 0 Å². The van der Waals surface area contributed by atoms with E-state index in [0.717, 1.165) is 19.3 Å². The maximum absolute atomic E-state index is 11.6. The molecule has 0 aromatic heterocycles. The Labute approximate surface area is 109 Å². The van der Waals surface area contributed by atoms with Crippen molar-refractivity contribution in [2.45, 2.75) is 50.0 Å². The highest BCUT2D eigenvalue weighted by molar-refractivity contribution is 5.86. The summed E-state index contributed by atoms with van der Waals surface area (Å²) in [7, 11) is 0. The molecular formula is C11H16N2O6. The van der Waals surface area contributed by atoms with Crippen LogP contribution in [0.15, 0.2) is 0 Å². The van der Waals surface area contributed by atoms with Crippen LogP contribution in [0.5, 0.6) is 0 Å². The summed E-state index contributed by atoms with van der Waals surface area (Å²) in [4.78, 5) is 32.9. The minimum absolute atomic E-state index is 0.0153. The Bertz CT molecular complexity index is 399. The van der Waals surface area contributed by atoms with E-state index in [1.807, 2.05) is 0 Å². The third-order valence-electron chi connectivity index (χ3n) is 3.40. The second-order valence-corrected chi connectivity index (χ2v) is 4.82. The fraction of sp³-hybridized carbons (Fsp3) is 0.727. The standard InChI is InChI=1S/C11H16N2O6/c14-9(15)4-7(10(16)17)13-11(18)12-6-3-5-1-2-8(6)19-5/h5-8H,1-4H2,(H,14,15)(H,16,17)(H2,12,13,18). The fourth-order valence-electron chi connectivity index (χ4n) is 2.53. The summed E-state index contributed by atoms with van der Waals surface area (Å²) in [6, 6.07) is -2.23. The topological polar surface area (TPSA) is 125 Å². The van der Waals surface area contributed by atoms with Gasteiger partial charge in [0.05, 0.1) is 24.7 Å². The molecule has 8 nitrogen and oxygen atoms in total. The average molecular weight is 272 g/mol. The number of urea groups is 1. The Hall–Kier alpha value is -1.83. The fourth-order valence-corrected chi connectivity index (χ4v) is 2.53. The van der Waals surface area contributed by atoms with Crippen LogP contribution in [0.2, 0.25) is 0 Å². The Morgan fingerprint density at radius 3 is 2.47 bits per heavy atom. The molecule has 2 amide bonds. The molecule has 4 atom stereocenters. The lowest BCUT2D eigenvalue weighted by molar-refractivity contribution is -0.145. The molecule has 0 spiro atoms. The summed E-state index contributed by atoms with van der Waals surface area (Å²) in [5.74, 6) is -2.65. The molecule has 2 bridgehead atoms. The van der Waals surface area contributed by atoms with E-state index in [4.69, 9.17) is 14.9 Å². The molecule has 4 unspecified atom stereocenters. The monoisotopic (exact) mass is 272 g/mol. The largest absolute Gasteiger partial charge is 0.481 e. The Morgan fingerprint density at radius 1 is 1.26 bits per heavy atom. The van der Waals surface area contributed by atoms with Gasteiger partial charge in [-0.2, -0.15) is 0 Å². The van der Waals surface area contributed by atoms with Gasteiger partial charge in [-0.1, -0.05) is 0 Å². The molecule has 2 heterocycles. The summed E-state index contributed by atoms with van der Waals surface area (Å²) < 4.78 is 5.55. The number of carbonyl (C=O) groups excluding carboxylic acids is 1. The molecule has 2 aliphatic rings. The second kappa shape index (κ2) is 5.43. The van der Waals surface area contributed by atoms with Gasteiger partial charge in [-0.25, -0.2) is 9.59 Å². The van der Waals surface area contributed by atoms with Gasteiger partial charge in [0.15, 0.2) is 0 Å². The maximum atomic E-state index is 11.6. The minimum Gasteiger partial charge on any atom is -0.481 e. The van der Waals surface area contributed by atoms with Crippen molar-refractivity contribution in [3.8, 4) is 0 Å². The molecule has 19 heavy (non-hydrogen) atoms. The molecule has 4 N–H and O–H groups in total. The van der Waals surface area contributed by atoms with E-state index in [9.17, 15) is 14.4 Å². The quantitative estimate of drug-likeness (QED) is 0.536. The predicted molar refractivity (Wildman–Crippen MR) is 61.6 cm³/mol. The maximum Gasteiger partial charge on any atom is 0.326 e. The number of fused-ring (bicyclic) bond motifs is 2. The lowest BCUT2D eigenvalue weighted by Gasteiger charge is -2.21. The zero-order chi connectivity index (χ0) is 14.0. The van der Waals surface area contributed by atoms with Gasteiger partial charge in [0.1, 0.15) is 6.04 Å². The van der Waals surface area contributed by atoms with Gasteiger partial charge in [0.2, 0.25) is 0 Å². The number of hydrogen-bond acceptors (Lipinski definition) is 4. The number of carboxylic acids is 2. The van der Waals surface area contributed by atoms with Crippen LogP contribution in [0.25, 0.3) is 0 Å². The van der Waals surface area contributed by atoms with Crippen molar-refractivity contribution in [2.24, 2.45) is 0 Å². The molecule has 2 fully saturated rings. The lowest BCUT2D eigenvalue weighted by atomic mass is 9.96. The van der Waals surface area contributed by atoms with Crippen LogP contribution in [0, 0.1) is 0 Å². The summed E-state index contributed by atoms with van der Waals surface area (Å²) in [5, 5.41) is 22.2. The lowest BCUT2D eigenvalue weighted by Crippen LogP contribution is -2.51. The van der Waals surface area contributed by atoms with E-state index in [2.05, 4.69) is 10.6 Å². The molecule has 106 valence electrons. The Morgan fingerprint density at radius 2 is 2.00 bits per heavy atom. The van der Waals surface area contributed by atoms with Crippen LogP contribution in [0.1, 0.15) is 25.7 Å². The van der Waals surface area contributed by atoms with E-state index >= 15 is 0 Å². The van der Waals surface area contributed by atoms with Crippen molar-refractivity contribution in [2.75, 3.05) is 0 Å². The number of ether oxygens (including phenoxy) is 1. The molecule has 8 heteroatoms. The molecule has 0 aliphatic carbocycles. The molecule has 2 aliphatic heterocycles. The van der Waals surface area contributed by atoms with E-state index in [0.29, 0.717) is 0 Å². The first-order valence-corrected chi connectivity index (χ1v) is 6.13. The highest BCUT2D eigenvalue weighted by atomic mass is 16.5. The third-order valence-corrected chi connectivity index (χ3v) is 3.40. The van der Waals surface area contributed by atoms with Crippen LogP contribution < -0.4 is 10.6 Å². The van der Waals surface area contributed by atoms with Crippen LogP contribution in [0.4, 0.5) is 4.79 Å². The first-order chi connectivity index (χ1) is 8.95. The zero-order valence-corrected chi connectivity index (χ0v) is 10.2. The van der Waals surface area contributed by atoms with Crippen LogP contribution in [-0.2, 0) is 14.3 Å². The minimum atomic E-state index is -1.43. The SMILES string of the molecule is O=C(O)CC(NC(=O)NC1CC2CCC1O2)C(=O)O. The number of carbonyl (C=O) groups is 3. The Balaban J connectivity index is 1.82. The number of aliphatic carboxylic acids is 2. The van der Waals surface area contributed by atoms with E-state index in [-0.39, 0.29) is 18.2 Å². The van der Waals surface area contributed by atoms with Crippen molar-refractivity contribution in [3.63, 3.8) is 0 Å². The van der Waals surface area contributed by atoms with Gasteiger partial charge in [-0.15, -0.1) is 0 Å². The molecule has 0 aromatic rings. The smallest absolute Gasteiger partial charge is 0.326 e. The first-order valence-electron chi connectivity index (χ1n) is 6.13. The normalized spacial score (nSPS) is 29.8. The number of rotatable bonds is 5. The zero-order valence-electron chi connectivity index (χ0n) is 10.2. The highest BCUT2D eigenvalue weighted by Crippen LogP contribution is 2.34. The van der Waals surface area contributed by atoms with Crippen molar-refractivity contribution >= 4 is 18.0 Å². The van der Waals surface area contributed by atoms with Gasteiger partial charge in [-0.05, 0) is 19.3 Å². The summed E-state index contributed by atoms with van der Waals surface area (Å²) >= 11 is 0. The van der Waals surface area contributed by atoms with Crippen LogP contribution in [-0.4, -0.2) is 52.5 Å². The second-order valence-electron chi connectivity index (χ2n) is 4.82. The molecule has 0 aromatic carbocycles. The first kappa shape index (κ1) is 13.6. The predicted octanol–water partition coefficient (Wildman–Crippen LogP) is -0.467. The van der Waals surface area contributed by atoms with Crippen molar-refractivity contribution in [1.29, 1.82) is 0 Å². The van der Waals surface area contributed by atoms with E-state index in [1.54, 1.807) is 0 Å². The molecule has 0 radical (unpaired) electrons. The third kappa shape index (κ3) is 3.34. The molecule has 0 saturated carbocycles. The number of hydrogen-bond donors (Lipinski definition) is 4. The van der Waals surface area contributed by atoms with Gasteiger partial charge < -0.3 is 25.6 Å². The molecule has 2 saturated heterocycles. The van der Waals surface area contributed by atoms with Gasteiger partial charge >= 0.3 is 18.0 Å². The highest BCUT2D eigenvalue weighted by Gasteiger charge is 2.41. The summed E-state index contributed by atoms with van der Waals surface area (Å²) in [6.45, 7) is 0. The molecule has 2 rings (SSSR count). The van der Waals surface area contributed by atoms with Gasteiger partial charge in [0.25, 0.3) is 0 Å². The van der Waals surface area contributed by atoms with Crippen molar-refractivity contribution in [1.82, 2.24) is 10.6 Å². The summed E-state index contributed by atoms with van der Waals surface area (Å²) in [5.41, 5.74) is 0. The van der Waals surface area contributed by atoms with Gasteiger partial charge in [-0.3, -0.25) is 4.79 Å². The van der Waals surface area contributed by atoms with E-state index < -0.39 is 30.4 Å². The number of nitrogens with one attached hydrogen (secondary N) is 2. The Kier molecular flexibility index (Phi) is 3.89. The number of amides is 2. The van der Waals surface area contributed by atoms with Gasteiger partial charge in [0, 0.05) is 0 Å². The van der Waals surface area contributed by atoms with Crippen molar-refractivity contribution in [3.05, 3.63) is 0 Å². The molecular weight excluding hydrogens is 256 g/mol. The van der Waals surface area contributed by atoms with Crippen LogP contribution >= 0.6 is 0 Å². The average Bonchev–Trinajstić information content (AvgIpc) is 2.89. The van der Waals surface area contributed by atoms with Crippen LogP contribution in [0.3, 0.4) is 0 Å².